The van der Waals surface area contributed by atoms with Crippen molar-refractivity contribution >= 4 is 11.8 Å². The van der Waals surface area contributed by atoms with E-state index in [0.29, 0.717) is 0 Å². The summed E-state index contributed by atoms with van der Waals surface area (Å²) in [6.07, 6.45) is 9.90. The lowest BCUT2D eigenvalue weighted by Gasteiger charge is -2.02. The molecular weight excluding hydrogens is 224 g/mol. The van der Waals surface area contributed by atoms with E-state index in [1.165, 1.54) is 62.0 Å². The van der Waals surface area contributed by atoms with Crippen LogP contribution in [0.5, 0.6) is 0 Å². The van der Waals surface area contributed by atoms with Crippen LogP contribution >= 0.6 is 11.8 Å². The number of unbranched alkanes of at least 4 members (excludes halogenated alkanes) is 6. The van der Waals surface area contributed by atoms with Gasteiger partial charge in [0.05, 0.1) is 0 Å². The number of hydrogen-bond donors (Lipinski definition) is 0. The van der Waals surface area contributed by atoms with Crippen molar-refractivity contribution in [3.8, 4) is 0 Å². The minimum atomic E-state index is 1.18. The van der Waals surface area contributed by atoms with Gasteiger partial charge in [0.25, 0.3) is 0 Å². The lowest BCUT2D eigenvalue weighted by atomic mass is 10.1. The molecule has 0 heterocycles. The summed E-state index contributed by atoms with van der Waals surface area (Å²) in [5.74, 6) is 2.50. The van der Waals surface area contributed by atoms with E-state index in [1.54, 1.807) is 0 Å². The molecule has 0 aliphatic carbocycles. The van der Waals surface area contributed by atoms with Gasteiger partial charge in [-0.15, -0.1) is 0 Å². The summed E-state index contributed by atoms with van der Waals surface area (Å²) in [6.45, 7) is 2.28. The number of benzene rings is 1. The average Bonchev–Trinajstić information content (AvgIpc) is 2.38. The lowest BCUT2D eigenvalue weighted by Crippen LogP contribution is -1.85. The zero-order valence-corrected chi connectivity index (χ0v) is 12.0. The van der Waals surface area contributed by atoms with E-state index in [2.05, 4.69) is 49.0 Å². The highest BCUT2D eigenvalue weighted by atomic mass is 32.2. The predicted octanol–water partition coefficient (Wildman–Crippen LogP) is 5.67. The molecule has 96 valence electrons. The second-order valence-corrected chi connectivity index (χ2v) is 5.76. The Balaban J connectivity index is 1.85. The van der Waals surface area contributed by atoms with Crippen LogP contribution in [0.4, 0.5) is 0 Å². The van der Waals surface area contributed by atoms with Crippen molar-refractivity contribution in [1.82, 2.24) is 0 Å². The predicted molar refractivity (Wildman–Crippen MR) is 80.6 cm³/mol. The zero-order chi connectivity index (χ0) is 12.2. The second kappa shape index (κ2) is 10.7. The Labute approximate surface area is 111 Å². The second-order valence-electron chi connectivity index (χ2n) is 4.66. The van der Waals surface area contributed by atoms with Crippen molar-refractivity contribution in [3.63, 3.8) is 0 Å². The molecule has 0 nitrogen and oxygen atoms in total. The highest BCUT2D eigenvalue weighted by Crippen LogP contribution is 2.15. The summed E-state index contributed by atoms with van der Waals surface area (Å²) >= 11 is 2.07. The molecule has 0 aromatic heterocycles. The topological polar surface area (TPSA) is 0 Å². The molecule has 0 aliphatic heterocycles. The van der Waals surface area contributed by atoms with Gasteiger partial charge < -0.3 is 0 Å². The van der Waals surface area contributed by atoms with Gasteiger partial charge in [-0.25, -0.2) is 0 Å². The minimum Gasteiger partial charge on any atom is -0.157 e. The van der Waals surface area contributed by atoms with Gasteiger partial charge in [0.2, 0.25) is 0 Å². The van der Waals surface area contributed by atoms with Gasteiger partial charge in [0, 0.05) is 5.75 Å². The molecule has 0 bridgehead atoms. The van der Waals surface area contributed by atoms with Crippen LogP contribution < -0.4 is 0 Å². The normalized spacial score (nSPS) is 10.6. The Hall–Kier alpha value is -0.430. The minimum absolute atomic E-state index is 1.18. The molecule has 0 saturated carbocycles. The molecular formula is C16H26S. The molecule has 1 rings (SSSR count). The van der Waals surface area contributed by atoms with Gasteiger partial charge in [-0.05, 0) is 17.7 Å². The van der Waals surface area contributed by atoms with Crippen LogP contribution in [0.3, 0.4) is 0 Å². The summed E-state index contributed by atoms with van der Waals surface area (Å²) in [4.78, 5) is 0. The van der Waals surface area contributed by atoms with E-state index in [1.807, 2.05) is 0 Å². The van der Waals surface area contributed by atoms with Gasteiger partial charge in [-0.2, -0.15) is 11.8 Å². The molecule has 17 heavy (non-hydrogen) atoms. The van der Waals surface area contributed by atoms with Crippen LogP contribution in [-0.4, -0.2) is 5.75 Å². The third-order valence-corrected chi connectivity index (χ3v) is 4.12. The Bertz CT molecular complexity index is 255. The maximum Gasteiger partial charge on any atom is 0.0184 e. The molecule has 0 radical (unpaired) electrons. The van der Waals surface area contributed by atoms with E-state index in [4.69, 9.17) is 0 Å². The van der Waals surface area contributed by atoms with Crippen LogP contribution in [0.15, 0.2) is 30.3 Å². The van der Waals surface area contributed by atoms with Crippen molar-refractivity contribution in [2.24, 2.45) is 0 Å². The fourth-order valence-electron chi connectivity index (χ4n) is 1.93. The zero-order valence-electron chi connectivity index (χ0n) is 11.2. The van der Waals surface area contributed by atoms with E-state index in [-0.39, 0.29) is 0 Å². The van der Waals surface area contributed by atoms with Gasteiger partial charge in [-0.3, -0.25) is 0 Å². The van der Waals surface area contributed by atoms with E-state index < -0.39 is 0 Å². The van der Waals surface area contributed by atoms with Gasteiger partial charge in [-0.1, -0.05) is 75.8 Å². The van der Waals surface area contributed by atoms with Crippen LogP contribution in [0, 0.1) is 0 Å². The molecule has 0 spiro atoms. The maximum atomic E-state index is 2.28. The average molecular weight is 250 g/mol. The molecule has 0 saturated heterocycles. The first-order chi connectivity index (χ1) is 8.43. The van der Waals surface area contributed by atoms with Crippen LogP contribution in [-0.2, 0) is 5.75 Å². The van der Waals surface area contributed by atoms with Crippen molar-refractivity contribution < 1.29 is 0 Å². The Morgan fingerprint density at radius 3 is 2.18 bits per heavy atom. The molecule has 0 N–H and O–H groups in total. The number of hydrogen-bond acceptors (Lipinski definition) is 1. The van der Waals surface area contributed by atoms with Gasteiger partial charge >= 0.3 is 0 Å². The molecule has 0 amide bonds. The Morgan fingerprint density at radius 2 is 1.47 bits per heavy atom. The van der Waals surface area contributed by atoms with Crippen LogP contribution in [0.25, 0.3) is 0 Å². The van der Waals surface area contributed by atoms with Crippen molar-refractivity contribution in [1.29, 1.82) is 0 Å². The molecule has 1 aromatic rings. The van der Waals surface area contributed by atoms with E-state index in [0.717, 1.165) is 0 Å². The largest absolute Gasteiger partial charge is 0.157 e. The number of rotatable bonds is 10. The first kappa shape index (κ1) is 14.6. The van der Waals surface area contributed by atoms with Gasteiger partial charge in [0.15, 0.2) is 0 Å². The Kier molecular flexibility index (Phi) is 9.21. The van der Waals surface area contributed by atoms with Gasteiger partial charge in [0.1, 0.15) is 0 Å². The van der Waals surface area contributed by atoms with Crippen molar-refractivity contribution in [2.75, 3.05) is 5.75 Å². The molecule has 0 unspecified atom stereocenters. The van der Waals surface area contributed by atoms with Crippen LogP contribution in [0.2, 0.25) is 0 Å². The van der Waals surface area contributed by atoms with E-state index in [9.17, 15) is 0 Å². The fraction of sp³-hybridized carbons (Fsp3) is 0.625. The molecule has 1 aromatic carbocycles. The number of thioether (sulfide) groups is 1. The highest BCUT2D eigenvalue weighted by Gasteiger charge is 1.93. The first-order valence-corrected chi connectivity index (χ1v) is 8.20. The van der Waals surface area contributed by atoms with Crippen molar-refractivity contribution in [3.05, 3.63) is 35.9 Å². The molecule has 0 aliphatic rings. The van der Waals surface area contributed by atoms with Crippen molar-refractivity contribution in [2.45, 2.75) is 57.6 Å². The summed E-state index contributed by atoms with van der Waals surface area (Å²) < 4.78 is 0. The quantitative estimate of drug-likeness (QED) is 0.482. The molecule has 0 fully saturated rings. The standard InChI is InChI=1S/C16H26S/c1-2-3-4-5-6-7-11-14-17-15-16-12-9-8-10-13-16/h8-10,12-13H,2-7,11,14-15H2,1H3. The lowest BCUT2D eigenvalue weighted by molar-refractivity contribution is 0.603. The summed E-state index contributed by atoms with van der Waals surface area (Å²) in [6, 6.07) is 10.8. The maximum absolute atomic E-state index is 2.28. The Morgan fingerprint density at radius 1 is 0.824 bits per heavy atom. The summed E-state index contributed by atoms with van der Waals surface area (Å²) in [5.41, 5.74) is 1.46. The smallest absolute Gasteiger partial charge is 0.0184 e. The summed E-state index contributed by atoms with van der Waals surface area (Å²) in [5, 5.41) is 0. The summed E-state index contributed by atoms with van der Waals surface area (Å²) in [7, 11) is 0. The highest BCUT2D eigenvalue weighted by molar-refractivity contribution is 7.98. The monoisotopic (exact) mass is 250 g/mol. The third-order valence-electron chi connectivity index (χ3n) is 3.00. The molecule has 1 heteroatoms. The fourth-order valence-corrected chi connectivity index (χ4v) is 2.91. The van der Waals surface area contributed by atoms with E-state index >= 15 is 0 Å². The molecule has 0 atom stereocenters. The third kappa shape index (κ3) is 8.31. The first-order valence-electron chi connectivity index (χ1n) is 7.05. The van der Waals surface area contributed by atoms with Crippen LogP contribution in [0.1, 0.15) is 57.4 Å². The SMILES string of the molecule is CCCCCCCCCSCc1ccccc1.